The summed E-state index contributed by atoms with van der Waals surface area (Å²) in [7, 11) is 3.30. The Morgan fingerprint density at radius 2 is 1.56 bits per heavy atom. The van der Waals surface area contributed by atoms with Gasteiger partial charge < -0.3 is 13.9 Å². The molecule has 0 bridgehead atoms. The van der Waals surface area contributed by atoms with Crippen LogP contribution in [0.25, 0.3) is 22.1 Å². The van der Waals surface area contributed by atoms with Gasteiger partial charge in [0.2, 0.25) is 0 Å². The van der Waals surface area contributed by atoms with E-state index in [-0.39, 0.29) is 0 Å². The molecule has 1 heterocycles. The Balaban J connectivity index is 1.77. The van der Waals surface area contributed by atoms with Gasteiger partial charge in [-0.25, -0.2) is 0 Å². The second-order valence-corrected chi connectivity index (χ2v) is 6.04. The van der Waals surface area contributed by atoms with Gasteiger partial charge in [0.25, 0.3) is 0 Å². The Hall–Kier alpha value is -3.64. The summed E-state index contributed by atoms with van der Waals surface area (Å²) >= 11 is 0. The molecule has 0 fully saturated rings. The number of methoxy groups -OCH3 is 2. The van der Waals surface area contributed by atoms with Crippen molar-refractivity contribution >= 4 is 11.0 Å². The molecule has 3 heteroatoms. The molecule has 27 heavy (non-hydrogen) atoms. The van der Waals surface area contributed by atoms with Gasteiger partial charge in [-0.15, -0.1) is 0 Å². The predicted molar refractivity (Wildman–Crippen MR) is 107 cm³/mol. The van der Waals surface area contributed by atoms with Gasteiger partial charge in [0.15, 0.2) is 0 Å². The van der Waals surface area contributed by atoms with E-state index >= 15 is 0 Å². The number of rotatable bonds is 3. The van der Waals surface area contributed by atoms with Crippen LogP contribution in [0, 0.1) is 11.8 Å². The molecule has 0 saturated heterocycles. The van der Waals surface area contributed by atoms with Gasteiger partial charge in [-0.3, -0.25) is 0 Å². The molecule has 1 aromatic heterocycles. The van der Waals surface area contributed by atoms with Crippen molar-refractivity contribution in [3.05, 3.63) is 84.1 Å². The van der Waals surface area contributed by atoms with E-state index in [1.165, 1.54) is 0 Å². The van der Waals surface area contributed by atoms with Crippen LogP contribution in [0.15, 0.2) is 77.4 Å². The first-order valence-electron chi connectivity index (χ1n) is 8.59. The van der Waals surface area contributed by atoms with Crippen LogP contribution in [-0.2, 0) is 0 Å². The SMILES string of the molecule is COc1cccc(C#Cc2ccccc2-c2coc3cc(OC)ccc23)c1. The summed E-state index contributed by atoms with van der Waals surface area (Å²) in [6, 6.07) is 21.7. The van der Waals surface area contributed by atoms with E-state index in [9.17, 15) is 0 Å². The van der Waals surface area contributed by atoms with Gasteiger partial charge >= 0.3 is 0 Å². The van der Waals surface area contributed by atoms with Gasteiger partial charge in [0, 0.05) is 33.7 Å². The fourth-order valence-electron chi connectivity index (χ4n) is 3.01. The number of hydrogen-bond donors (Lipinski definition) is 0. The third kappa shape index (κ3) is 3.38. The highest BCUT2D eigenvalue weighted by Crippen LogP contribution is 2.34. The molecule has 3 nitrogen and oxygen atoms in total. The smallest absolute Gasteiger partial charge is 0.138 e. The van der Waals surface area contributed by atoms with Crippen molar-refractivity contribution in [3.8, 4) is 34.5 Å². The summed E-state index contributed by atoms with van der Waals surface area (Å²) in [4.78, 5) is 0. The van der Waals surface area contributed by atoms with Crippen molar-refractivity contribution in [3.63, 3.8) is 0 Å². The molecule has 3 aromatic carbocycles. The maximum absolute atomic E-state index is 5.75. The number of ether oxygens (including phenoxy) is 2. The molecule has 0 N–H and O–H groups in total. The Kier molecular flexibility index (Phi) is 4.55. The Labute approximate surface area is 158 Å². The molecule has 0 aliphatic carbocycles. The van der Waals surface area contributed by atoms with E-state index in [0.29, 0.717) is 0 Å². The lowest BCUT2D eigenvalue weighted by atomic mass is 9.99. The zero-order valence-electron chi connectivity index (χ0n) is 15.2. The van der Waals surface area contributed by atoms with Crippen LogP contribution in [0.4, 0.5) is 0 Å². The minimum atomic E-state index is 0.773. The first-order valence-corrected chi connectivity index (χ1v) is 8.59. The van der Waals surface area contributed by atoms with Crippen LogP contribution in [0.5, 0.6) is 11.5 Å². The molecule has 4 aromatic rings. The summed E-state index contributed by atoms with van der Waals surface area (Å²) in [5, 5.41) is 1.03. The topological polar surface area (TPSA) is 31.6 Å². The Morgan fingerprint density at radius 1 is 0.741 bits per heavy atom. The van der Waals surface area contributed by atoms with Crippen molar-refractivity contribution in [2.75, 3.05) is 14.2 Å². The predicted octanol–water partition coefficient (Wildman–Crippen LogP) is 5.52. The summed E-state index contributed by atoms with van der Waals surface area (Å²) in [6.45, 7) is 0. The monoisotopic (exact) mass is 354 g/mol. The quantitative estimate of drug-likeness (QED) is 0.454. The lowest BCUT2D eigenvalue weighted by Crippen LogP contribution is -1.85. The van der Waals surface area contributed by atoms with Crippen molar-refractivity contribution in [2.24, 2.45) is 0 Å². The lowest BCUT2D eigenvalue weighted by molar-refractivity contribution is 0.414. The minimum Gasteiger partial charge on any atom is -0.497 e. The number of furan rings is 1. The van der Waals surface area contributed by atoms with Crippen LogP contribution < -0.4 is 9.47 Å². The third-order valence-corrected chi connectivity index (χ3v) is 4.41. The highest BCUT2D eigenvalue weighted by molar-refractivity contribution is 5.96. The molecule has 0 amide bonds. The largest absolute Gasteiger partial charge is 0.497 e. The van der Waals surface area contributed by atoms with E-state index in [0.717, 1.165) is 44.7 Å². The van der Waals surface area contributed by atoms with Gasteiger partial charge in [0.1, 0.15) is 17.1 Å². The molecule has 0 aliphatic rings. The molecule has 0 atom stereocenters. The van der Waals surface area contributed by atoms with Gasteiger partial charge in [-0.1, -0.05) is 36.1 Å². The van der Waals surface area contributed by atoms with E-state index in [2.05, 4.69) is 17.9 Å². The second kappa shape index (κ2) is 7.31. The van der Waals surface area contributed by atoms with Gasteiger partial charge in [-0.2, -0.15) is 0 Å². The van der Waals surface area contributed by atoms with Crippen LogP contribution in [0.1, 0.15) is 11.1 Å². The van der Waals surface area contributed by atoms with E-state index < -0.39 is 0 Å². The fraction of sp³-hybridized carbons (Fsp3) is 0.0833. The van der Waals surface area contributed by atoms with Crippen molar-refractivity contribution < 1.29 is 13.9 Å². The maximum atomic E-state index is 5.75. The lowest BCUT2D eigenvalue weighted by Gasteiger charge is -2.03. The summed E-state index contributed by atoms with van der Waals surface area (Å²) in [5.74, 6) is 8.08. The zero-order chi connectivity index (χ0) is 18.6. The molecular formula is C24H18O3. The molecule has 0 unspecified atom stereocenters. The second-order valence-electron chi connectivity index (χ2n) is 6.04. The molecule has 0 aliphatic heterocycles. The maximum Gasteiger partial charge on any atom is 0.138 e. The first-order chi connectivity index (χ1) is 13.3. The molecule has 0 spiro atoms. The summed E-state index contributed by atoms with van der Waals surface area (Å²) in [6.07, 6.45) is 1.77. The third-order valence-electron chi connectivity index (χ3n) is 4.41. The number of benzene rings is 3. The molecule has 4 rings (SSSR count). The van der Waals surface area contributed by atoms with Gasteiger partial charge in [0.05, 0.1) is 20.5 Å². The van der Waals surface area contributed by atoms with Crippen molar-refractivity contribution in [1.82, 2.24) is 0 Å². The Morgan fingerprint density at radius 3 is 2.41 bits per heavy atom. The fourth-order valence-corrected chi connectivity index (χ4v) is 3.01. The zero-order valence-corrected chi connectivity index (χ0v) is 15.2. The summed E-state index contributed by atoms with van der Waals surface area (Å²) in [5.41, 5.74) is 4.70. The van der Waals surface area contributed by atoms with E-state index in [1.54, 1.807) is 20.5 Å². The standard InChI is InChI=1S/C24H18O3/c1-25-19-8-5-6-17(14-19)10-11-18-7-3-4-9-21(18)23-16-27-24-15-20(26-2)12-13-22(23)24/h3-9,12-16H,1-2H3. The van der Waals surface area contributed by atoms with E-state index in [1.807, 2.05) is 60.7 Å². The summed E-state index contributed by atoms with van der Waals surface area (Å²) < 4.78 is 16.3. The first kappa shape index (κ1) is 16.8. The molecule has 0 radical (unpaired) electrons. The van der Waals surface area contributed by atoms with E-state index in [4.69, 9.17) is 13.9 Å². The normalized spacial score (nSPS) is 10.3. The van der Waals surface area contributed by atoms with Crippen molar-refractivity contribution in [1.29, 1.82) is 0 Å². The molecule has 0 saturated carbocycles. The van der Waals surface area contributed by atoms with Crippen LogP contribution in [0.3, 0.4) is 0 Å². The van der Waals surface area contributed by atoms with Crippen LogP contribution in [-0.4, -0.2) is 14.2 Å². The van der Waals surface area contributed by atoms with Crippen LogP contribution in [0.2, 0.25) is 0 Å². The molecular weight excluding hydrogens is 336 g/mol. The van der Waals surface area contributed by atoms with Crippen molar-refractivity contribution in [2.45, 2.75) is 0 Å². The number of hydrogen-bond acceptors (Lipinski definition) is 3. The molecule has 132 valence electrons. The average molecular weight is 354 g/mol. The average Bonchev–Trinajstić information content (AvgIpc) is 3.15. The number of fused-ring (bicyclic) bond motifs is 1. The Bertz CT molecular complexity index is 1160. The highest BCUT2D eigenvalue weighted by Gasteiger charge is 2.11. The van der Waals surface area contributed by atoms with Gasteiger partial charge in [-0.05, 0) is 36.4 Å². The van der Waals surface area contributed by atoms with Crippen LogP contribution >= 0.6 is 0 Å². The highest BCUT2D eigenvalue weighted by atomic mass is 16.5. The minimum absolute atomic E-state index is 0.773.